The van der Waals surface area contributed by atoms with Gasteiger partial charge in [-0.15, -0.1) is 0 Å². The zero-order valence-corrected chi connectivity index (χ0v) is 9.25. The van der Waals surface area contributed by atoms with E-state index in [1.165, 1.54) is 0 Å². The van der Waals surface area contributed by atoms with E-state index in [-0.39, 0.29) is 12.0 Å². The Morgan fingerprint density at radius 1 is 1.60 bits per heavy atom. The van der Waals surface area contributed by atoms with Gasteiger partial charge in [-0.25, -0.2) is 0 Å². The van der Waals surface area contributed by atoms with Crippen molar-refractivity contribution < 1.29 is 14.3 Å². The fraction of sp³-hybridized carbons (Fsp3) is 0.900. The van der Waals surface area contributed by atoms with Crippen molar-refractivity contribution in [2.24, 2.45) is 0 Å². The summed E-state index contributed by atoms with van der Waals surface area (Å²) in [5.41, 5.74) is 0. The van der Waals surface area contributed by atoms with Crippen LogP contribution in [-0.2, 0) is 14.3 Å². The number of nitrogens with one attached hydrogen (secondary N) is 2. The summed E-state index contributed by atoms with van der Waals surface area (Å²) in [5.74, 6) is 0.00467. The molecule has 2 N–H and O–H groups in total. The maximum absolute atomic E-state index is 11.2. The Morgan fingerprint density at radius 2 is 2.47 bits per heavy atom. The van der Waals surface area contributed by atoms with Crippen LogP contribution < -0.4 is 10.6 Å². The molecule has 1 atom stereocenters. The Hall–Kier alpha value is -0.650. The molecule has 0 bridgehead atoms. The summed E-state index contributed by atoms with van der Waals surface area (Å²) >= 11 is 0. The quantitative estimate of drug-likeness (QED) is 0.564. The highest BCUT2D eigenvalue weighted by atomic mass is 16.5. The van der Waals surface area contributed by atoms with Crippen LogP contribution in [0.25, 0.3) is 0 Å². The zero-order chi connectivity index (χ0) is 10.9. The molecule has 5 heteroatoms. The Balaban J connectivity index is 1.91. The first-order chi connectivity index (χ1) is 7.33. The predicted octanol–water partition coefficient (Wildman–Crippen LogP) is -0.482. The van der Waals surface area contributed by atoms with Gasteiger partial charge in [0.1, 0.15) is 0 Å². The second-order valence-electron chi connectivity index (χ2n) is 3.61. The number of hydrogen-bond acceptors (Lipinski definition) is 4. The van der Waals surface area contributed by atoms with Gasteiger partial charge in [-0.05, 0) is 12.8 Å². The Kier molecular flexibility index (Phi) is 6.31. The minimum absolute atomic E-state index is 0.00467. The van der Waals surface area contributed by atoms with Gasteiger partial charge in [0.2, 0.25) is 5.91 Å². The summed E-state index contributed by atoms with van der Waals surface area (Å²) in [6.45, 7) is 3.09. The average molecular weight is 216 g/mol. The number of carbonyl (C=O) groups excluding carboxylic acids is 1. The Bertz CT molecular complexity index is 182. The van der Waals surface area contributed by atoms with Gasteiger partial charge < -0.3 is 20.1 Å². The second-order valence-corrected chi connectivity index (χ2v) is 3.61. The highest BCUT2D eigenvalue weighted by Crippen LogP contribution is 2.10. The lowest BCUT2D eigenvalue weighted by Crippen LogP contribution is -2.38. The monoisotopic (exact) mass is 216 g/mol. The molecule has 0 aromatic heterocycles. The van der Waals surface area contributed by atoms with Crippen LogP contribution in [0.15, 0.2) is 0 Å². The molecular weight excluding hydrogens is 196 g/mol. The predicted molar refractivity (Wildman–Crippen MR) is 56.7 cm³/mol. The van der Waals surface area contributed by atoms with Gasteiger partial charge in [0.25, 0.3) is 0 Å². The maximum atomic E-state index is 11.2. The summed E-state index contributed by atoms with van der Waals surface area (Å²) in [6, 6.07) is 0. The minimum atomic E-state index is 0.00467. The summed E-state index contributed by atoms with van der Waals surface area (Å²) in [5, 5.41) is 5.82. The molecule has 0 aromatic carbocycles. The van der Waals surface area contributed by atoms with E-state index in [1.54, 1.807) is 7.11 Å². The van der Waals surface area contributed by atoms with Crippen molar-refractivity contribution in [1.29, 1.82) is 0 Å². The van der Waals surface area contributed by atoms with Crippen LogP contribution in [0.5, 0.6) is 0 Å². The lowest BCUT2D eigenvalue weighted by Gasteiger charge is -2.10. The van der Waals surface area contributed by atoms with Crippen molar-refractivity contribution in [3.8, 4) is 0 Å². The Labute approximate surface area is 90.5 Å². The molecule has 0 spiro atoms. The van der Waals surface area contributed by atoms with Gasteiger partial charge in [0.05, 0.1) is 19.3 Å². The fourth-order valence-corrected chi connectivity index (χ4v) is 1.51. The van der Waals surface area contributed by atoms with Gasteiger partial charge in [-0.2, -0.15) is 0 Å². The van der Waals surface area contributed by atoms with E-state index in [9.17, 15) is 4.79 Å². The third-order valence-electron chi connectivity index (χ3n) is 2.31. The molecule has 0 aliphatic carbocycles. The van der Waals surface area contributed by atoms with Crippen molar-refractivity contribution in [2.75, 3.05) is 40.0 Å². The van der Waals surface area contributed by atoms with Gasteiger partial charge >= 0.3 is 0 Å². The van der Waals surface area contributed by atoms with Crippen molar-refractivity contribution in [1.82, 2.24) is 10.6 Å². The topological polar surface area (TPSA) is 59.6 Å². The molecular formula is C10H20N2O3. The summed E-state index contributed by atoms with van der Waals surface area (Å²) in [7, 11) is 1.61. The molecule has 0 saturated carbocycles. The van der Waals surface area contributed by atoms with Crippen molar-refractivity contribution in [2.45, 2.75) is 18.9 Å². The third-order valence-corrected chi connectivity index (χ3v) is 2.31. The zero-order valence-electron chi connectivity index (χ0n) is 9.25. The van der Waals surface area contributed by atoms with E-state index >= 15 is 0 Å². The largest absolute Gasteiger partial charge is 0.383 e. The molecule has 1 aliphatic heterocycles. The van der Waals surface area contributed by atoms with Gasteiger partial charge in [0, 0.05) is 26.8 Å². The second kappa shape index (κ2) is 7.62. The number of amides is 1. The first kappa shape index (κ1) is 12.4. The van der Waals surface area contributed by atoms with Crippen LogP contribution in [-0.4, -0.2) is 52.0 Å². The van der Waals surface area contributed by atoms with Crippen LogP contribution in [0, 0.1) is 0 Å². The summed E-state index contributed by atoms with van der Waals surface area (Å²) in [4.78, 5) is 11.2. The molecule has 1 fully saturated rings. The molecule has 0 aromatic rings. The van der Waals surface area contributed by atoms with Crippen LogP contribution in [0.1, 0.15) is 12.8 Å². The molecule has 1 aliphatic rings. The van der Waals surface area contributed by atoms with E-state index < -0.39 is 0 Å². The van der Waals surface area contributed by atoms with E-state index in [0.717, 1.165) is 26.0 Å². The molecule has 1 amide bonds. The molecule has 0 unspecified atom stereocenters. The standard InChI is InChI=1S/C10H20N2O3/c1-14-6-4-12-10(13)8-11-7-9-3-2-5-15-9/h9,11H,2-8H2,1H3,(H,12,13)/t9-/m0/s1. The summed E-state index contributed by atoms with van der Waals surface area (Å²) in [6.07, 6.45) is 2.52. The third kappa shape index (κ3) is 5.71. The lowest BCUT2D eigenvalue weighted by atomic mass is 10.2. The normalized spacial score (nSPS) is 20.5. The minimum Gasteiger partial charge on any atom is -0.383 e. The van der Waals surface area contributed by atoms with Crippen LogP contribution in [0.4, 0.5) is 0 Å². The highest BCUT2D eigenvalue weighted by Gasteiger charge is 2.14. The van der Waals surface area contributed by atoms with Crippen molar-refractivity contribution in [3.05, 3.63) is 0 Å². The SMILES string of the molecule is COCCNC(=O)CNC[C@@H]1CCCO1. The fourth-order valence-electron chi connectivity index (χ4n) is 1.51. The lowest BCUT2D eigenvalue weighted by molar-refractivity contribution is -0.120. The van der Waals surface area contributed by atoms with E-state index in [4.69, 9.17) is 9.47 Å². The van der Waals surface area contributed by atoms with Gasteiger partial charge in [-0.3, -0.25) is 4.79 Å². The molecule has 0 radical (unpaired) electrons. The van der Waals surface area contributed by atoms with Crippen LogP contribution in [0.3, 0.4) is 0 Å². The van der Waals surface area contributed by atoms with Crippen LogP contribution in [0.2, 0.25) is 0 Å². The molecule has 5 nitrogen and oxygen atoms in total. The molecule has 1 saturated heterocycles. The van der Waals surface area contributed by atoms with E-state index in [1.807, 2.05) is 0 Å². The molecule has 88 valence electrons. The van der Waals surface area contributed by atoms with Crippen LogP contribution >= 0.6 is 0 Å². The average Bonchev–Trinajstić information content (AvgIpc) is 2.71. The first-order valence-corrected chi connectivity index (χ1v) is 5.41. The molecule has 1 heterocycles. The molecule has 1 rings (SSSR count). The highest BCUT2D eigenvalue weighted by molar-refractivity contribution is 5.77. The van der Waals surface area contributed by atoms with Crippen molar-refractivity contribution in [3.63, 3.8) is 0 Å². The number of ether oxygens (including phenoxy) is 2. The first-order valence-electron chi connectivity index (χ1n) is 5.41. The number of rotatable bonds is 7. The smallest absolute Gasteiger partial charge is 0.234 e. The number of hydrogen-bond donors (Lipinski definition) is 2. The van der Waals surface area contributed by atoms with Crippen molar-refractivity contribution >= 4 is 5.91 Å². The van der Waals surface area contributed by atoms with E-state index in [0.29, 0.717) is 19.7 Å². The summed E-state index contributed by atoms with van der Waals surface area (Å²) < 4.78 is 10.2. The van der Waals surface area contributed by atoms with Gasteiger partial charge in [0.15, 0.2) is 0 Å². The van der Waals surface area contributed by atoms with Gasteiger partial charge in [-0.1, -0.05) is 0 Å². The maximum Gasteiger partial charge on any atom is 0.234 e. The Morgan fingerprint density at radius 3 is 3.13 bits per heavy atom. The number of methoxy groups -OCH3 is 1. The van der Waals surface area contributed by atoms with E-state index in [2.05, 4.69) is 10.6 Å². The number of carbonyl (C=O) groups is 1. The molecule has 15 heavy (non-hydrogen) atoms.